The second kappa shape index (κ2) is 11.3. The van der Waals surface area contributed by atoms with E-state index in [4.69, 9.17) is 4.74 Å². The lowest BCUT2D eigenvalue weighted by atomic mass is 9.94. The molecule has 2 aromatic carbocycles. The molecule has 0 bridgehead atoms. The number of hydrogen-bond acceptors (Lipinski definition) is 4. The first kappa shape index (κ1) is 23.3. The monoisotopic (exact) mass is 449 g/mol. The number of methoxy groups -OCH3 is 1. The van der Waals surface area contributed by atoms with Crippen LogP contribution >= 0.6 is 0 Å². The van der Waals surface area contributed by atoms with E-state index in [1.165, 1.54) is 18.4 Å². The van der Waals surface area contributed by atoms with Crippen LogP contribution in [0, 0.1) is 5.92 Å². The van der Waals surface area contributed by atoms with Gasteiger partial charge in [0.15, 0.2) is 0 Å². The van der Waals surface area contributed by atoms with Crippen molar-refractivity contribution in [2.45, 2.75) is 38.1 Å². The number of carbonyl (C=O) groups excluding carboxylic acids is 2. The van der Waals surface area contributed by atoms with Gasteiger partial charge in [0, 0.05) is 32.7 Å². The van der Waals surface area contributed by atoms with Crippen molar-refractivity contribution in [2.24, 2.45) is 5.92 Å². The summed E-state index contributed by atoms with van der Waals surface area (Å²) in [6.07, 6.45) is 5.45. The number of benzene rings is 2. The number of hydrogen-bond donors (Lipinski definition) is 1. The summed E-state index contributed by atoms with van der Waals surface area (Å²) in [7, 11) is 1.59. The van der Waals surface area contributed by atoms with E-state index in [2.05, 4.69) is 22.3 Å². The fourth-order valence-electron chi connectivity index (χ4n) is 5.23. The maximum atomic E-state index is 13.3. The fraction of sp³-hybridized carbons (Fsp3) is 0.481. The van der Waals surface area contributed by atoms with Crippen LogP contribution in [0.5, 0.6) is 5.75 Å². The Balaban J connectivity index is 1.36. The third-order valence-electron chi connectivity index (χ3n) is 7.00. The van der Waals surface area contributed by atoms with Crippen LogP contribution in [0.15, 0.2) is 54.6 Å². The maximum absolute atomic E-state index is 13.3. The summed E-state index contributed by atoms with van der Waals surface area (Å²) >= 11 is 0. The van der Waals surface area contributed by atoms with Gasteiger partial charge in [-0.2, -0.15) is 0 Å². The average molecular weight is 450 g/mol. The summed E-state index contributed by atoms with van der Waals surface area (Å²) in [5.74, 6) is 1.14. The van der Waals surface area contributed by atoms with E-state index in [-0.39, 0.29) is 17.9 Å². The molecule has 6 nitrogen and oxygen atoms in total. The predicted molar refractivity (Wildman–Crippen MR) is 129 cm³/mol. The third-order valence-corrected chi connectivity index (χ3v) is 7.00. The Labute approximate surface area is 196 Å². The summed E-state index contributed by atoms with van der Waals surface area (Å²) in [4.78, 5) is 30.5. The number of carbonyl (C=O) groups is 2. The van der Waals surface area contributed by atoms with Gasteiger partial charge in [0.05, 0.1) is 18.7 Å². The highest BCUT2D eigenvalue weighted by molar-refractivity contribution is 5.97. The van der Waals surface area contributed by atoms with Crippen molar-refractivity contribution >= 4 is 11.8 Å². The van der Waals surface area contributed by atoms with E-state index in [9.17, 15) is 9.59 Å². The zero-order valence-electron chi connectivity index (χ0n) is 19.5. The van der Waals surface area contributed by atoms with Gasteiger partial charge in [0.25, 0.3) is 5.91 Å². The minimum Gasteiger partial charge on any atom is -0.496 e. The van der Waals surface area contributed by atoms with Crippen LogP contribution in [0.2, 0.25) is 0 Å². The first-order valence-corrected chi connectivity index (χ1v) is 12.2. The Morgan fingerprint density at radius 1 is 0.970 bits per heavy atom. The van der Waals surface area contributed by atoms with Crippen LogP contribution in [0.4, 0.5) is 0 Å². The number of ether oxygens (including phenoxy) is 1. The first-order valence-electron chi connectivity index (χ1n) is 12.2. The molecule has 2 amide bonds. The van der Waals surface area contributed by atoms with Crippen molar-refractivity contribution in [1.29, 1.82) is 0 Å². The standard InChI is InChI=1S/C27H35N3O3/c1-33-24-14-8-7-13-23(24)27(32)30-19-17-29(18-20-30)25(22-11-5-6-12-22)26(31)28-16-15-21-9-3-2-4-10-21/h2-4,7-10,13-14,22,25H,5-6,11-12,15-20H2,1H3,(H,28,31). The number of nitrogens with zero attached hydrogens (tertiary/aromatic N) is 2. The Morgan fingerprint density at radius 3 is 2.33 bits per heavy atom. The third kappa shape index (κ3) is 5.74. The van der Waals surface area contributed by atoms with Crippen molar-refractivity contribution in [2.75, 3.05) is 39.8 Å². The van der Waals surface area contributed by atoms with Crippen molar-refractivity contribution < 1.29 is 14.3 Å². The van der Waals surface area contributed by atoms with Crippen molar-refractivity contribution in [3.05, 3.63) is 65.7 Å². The molecule has 1 aliphatic heterocycles. The second-order valence-electron chi connectivity index (χ2n) is 9.04. The van der Waals surface area contributed by atoms with Crippen molar-refractivity contribution in [3.63, 3.8) is 0 Å². The molecule has 1 saturated carbocycles. The predicted octanol–water partition coefficient (Wildman–Crippen LogP) is 3.37. The summed E-state index contributed by atoms with van der Waals surface area (Å²) in [5.41, 5.74) is 1.83. The summed E-state index contributed by atoms with van der Waals surface area (Å²) < 4.78 is 5.37. The topological polar surface area (TPSA) is 61.9 Å². The van der Waals surface area contributed by atoms with Gasteiger partial charge in [0.2, 0.25) is 5.91 Å². The van der Waals surface area contributed by atoms with Crippen LogP contribution in [0.1, 0.15) is 41.6 Å². The summed E-state index contributed by atoms with van der Waals surface area (Å²) in [5, 5.41) is 3.20. The van der Waals surface area contributed by atoms with Gasteiger partial charge in [-0.3, -0.25) is 14.5 Å². The molecule has 2 fully saturated rings. The SMILES string of the molecule is COc1ccccc1C(=O)N1CCN(C(C(=O)NCCc2ccccc2)C2CCCC2)CC1. The van der Waals surface area contributed by atoms with Crippen LogP contribution in [0.25, 0.3) is 0 Å². The lowest BCUT2D eigenvalue weighted by Crippen LogP contribution is -2.58. The lowest BCUT2D eigenvalue weighted by molar-refractivity contribution is -0.129. The Morgan fingerprint density at radius 2 is 1.64 bits per heavy atom. The Hall–Kier alpha value is -2.86. The van der Waals surface area contributed by atoms with Gasteiger partial charge < -0.3 is 15.0 Å². The smallest absolute Gasteiger partial charge is 0.257 e. The molecule has 1 aliphatic carbocycles. The Bertz CT molecular complexity index is 919. The Kier molecular flexibility index (Phi) is 8.00. The van der Waals surface area contributed by atoms with Gasteiger partial charge in [0.1, 0.15) is 5.75 Å². The number of para-hydroxylation sites is 1. The number of rotatable bonds is 8. The number of piperazine rings is 1. The molecule has 6 heteroatoms. The molecule has 33 heavy (non-hydrogen) atoms. The van der Waals surface area contributed by atoms with E-state index < -0.39 is 0 Å². The molecule has 4 rings (SSSR count). The van der Waals surface area contributed by atoms with Crippen molar-refractivity contribution in [3.8, 4) is 5.75 Å². The van der Waals surface area contributed by atoms with Gasteiger partial charge in [-0.15, -0.1) is 0 Å². The van der Waals surface area contributed by atoms with Gasteiger partial charge in [-0.1, -0.05) is 55.3 Å². The first-order chi connectivity index (χ1) is 16.2. The fourth-order valence-corrected chi connectivity index (χ4v) is 5.23. The molecule has 1 unspecified atom stereocenters. The average Bonchev–Trinajstić information content (AvgIpc) is 3.39. The summed E-state index contributed by atoms with van der Waals surface area (Å²) in [6.45, 7) is 3.33. The zero-order valence-corrected chi connectivity index (χ0v) is 19.5. The van der Waals surface area contributed by atoms with Gasteiger partial charge in [-0.25, -0.2) is 0 Å². The molecule has 2 aliphatic rings. The molecular weight excluding hydrogens is 414 g/mol. The molecule has 1 atom stereocenters. The summed E-state index contributed by atoms with van der Waals surface area (Å²) in [6, 6.07) is 17.5. The largest absolute Gasteiger partial charge is 0.496 e. The molecule has 0 aromatic heterocycles. The highest BCUT2D eigenvalue weighted by Gasteiger charge is 2.37. The van der Waals surface area contributed by atoms with E-state index >= 15 is 0 Å². The molecule has 176 valence electrons. The quantitative estimate of drug-likeness (QED) is 0.671. The van der Waals surface area contributed by atoms with E-state index in [1.807, 2.05) is 47.4 Å². The van der Waals surface area contributed by atoms with E-state index in [0.717, 1.165) is 19.3 Å². The second-order valence-corrected chi connectivity index (χ2v) is 9.04. The number of amides is 2. The minimum absolute atomic E-state index is 0.00294. The molecule has 1 heterocycles. The van der Waals surface area contributed by atoms with Crippen molar-refractivity contribution in [1.82, 2.24) is 15.1 Å². The molecule has 0 radical (unpaired) electrons. The molecule has 1 saturated heterocycles. The van der Waals surface area contributed by atoms with Crippen LogP contribution in [-0.2, 0) is 11.2 Å². The van der Waals surface area contributed by atoms with Gasteiger partial charge >= 0.3 is 0 Å². The molecule has 0 spiro atoms. The number of nitrogens with one attached hydrogen (secondary N) is 1. The highest BCUT2D eigenvalue weighted by atomic mass is 16.5. The molecule has 2 aromatic rings. The molecular formula is C27H35N3O3. The van der Waals surface area contributed by atoms with Gasteiger partial charge in [-0.05, 0) is 42.9 Å². The lowest BCUT2D eigenvalue weighted by Gasteiger charge is -2.40. The van der Waals surface area contributed by atoms with E-state index in [0.29, 0.717) is 50.0 Å². The van der Waals surface area contributed by atoms with Crippen LogP contribution < -0.4 is 10.1 Å². The van der Waals surface area contributed by atoms with Crippen LogP contribution in [0.3, 0.4) is 0 Å². The highest BCUT2D eigenvalue weighted by Crippen LogP contribution is 2.31. The zero-order chi connectivity index (χ0) is 23.0. The maximum Gasteiger partial charge on any atom is 0.257 e. The normalized spacial score (nSPS) is 18.2. The molecule has 1 N–H and O–H groups in total. The van der Waals surface area contributed by atoms with Crippen LogP contribution in [-0.4, -0.2) is 67.5 Å². The van der Waals surface area contributed by atoms with E-state index in [1.54, 1.807) is 7.11 Å². The minimum atomic E-state index is -0.105.